The third-order valence-electron chi connectivity index (χ3n) is 4.76. The summed E-state index contributed by atoms with van der Waals surface area (Å²) in [6, 6.07) is 19.3. The summed E-state index contributed by atoms with van der Waals surface area (Å²) < 4.78 is 6.02. The number of hydrogen-bond donors (Lipinski definition) is 1. The molecule has 0 aromatic heterocycles. The second-order valence-corrected chi connectivity index (χ2v) is 6.26. The van der Waals surface area contributed by atoms with Crippen LogP contribution in [0.2, 0.25) is 0 Å². The molecule has 0 aliphatic carbocycles. The van der Waals surface area contributed by atoms with Gasteiger partial charge in [-0.25, -0.2) is 0 Å². The Kier molecular flexibility index (Phi) is 4.12. The molecule has 2 aromatic carbocycles. The first-order valence-electron chi connectivity index (χ1n) is 8.45. The van der Waals surface area contributed by atoms with Crippen molar-refractivity contribution in [3.63, 3.8) is 0 Å². The van der Waals surface area contributed by atoms with E-state index >= 15 is 0 Å². The molecule has 0 saturated carbocycles. The molecule has 4 rings (SSSR count). The molecular weight excluding hydrogens is 284 g/mol. The van der Waals surface area contributed by atoms with E-state index in [9.17, 15) is 0 Å². The molecule has 118 valence electrons. The van der Waals surface area contributed by atoms with E-state index in [0.717, 1.165) is 32.5 Å². The average molecular weight is 306 g/mol. The van der Waals surface area contributed by atoms with Crippen LogP contribution in [0, 0.1) is 5.92 Å². The fraction of sp³-hybridized carbons (Fsp3) is 0.350. The lowest BCUT2D eigenvalue weighted by Gasteiger charge is -2.30. The summed E-state index contributed by atoms with van der Waals surface area (Å²) in [5, 5.41) is 3.42. The first kappa shape index (κ1) is 14.5. The fourth-order valence-electron chi connectivity index (χ4n) is 3.49. The molecule has 2 aliphatic heterocycles. The molecule has 3 heteroatoms. The summed E-state index contributed by atoms with van der Waals surface area (Å²) in [5.41, 5.74) is 3.78. The zero-order valence-electron chi connectivity index (χ0n) is 13.2. The summed E-state index contributed by atoms with van der Waals surface area (Å²) in [6.45, 7) is 2.72. The van der Waals surface area contributed by atoms with Gasteiger partial charge in [-0.1, -0.05) is 54.6 Å². The van der Waals surface area contributed by atoms with Crippen molar-refractivity contribution in [2.24, 2.45) is 10.9 Å². The maximum atomic E-state index is 6.02. The van der Waals surface area contributed by atoms with Gasteiger partial charge in [-0.05, 0) is 29.5 Å². The second kappa shape index (κ2) is 6.55. The average Bonchev–Trinajstić information content (AvgIpc) is 3.18. The smallest absolute Gasteiger partial charge is 0.0997 e. The topological polar surface area (TPSA) is 33.6 Å². The normalized spacial score (nSPS) is 24.1. The Hall–Kier alpha value is -2.13. The van der Waals surface area contributed by atoms with Gasteiger partial charge in [0.05, 0.1) is 18.5 Å². The minimum absolute atomic E-state index is 0.184. The quantitative estimate of drug-likeness (QED) is 0.935. The molecule has 1 saturated heterocycles. The van der Waals surface area contributed by atoms with E-state index in [4.69, 9.17) is 4.74 Å². The third kappa shape index (κ3) is 3.15. The van der Waals surface area contributed by atoms with E-state index in [1.54, 1.807) is 0 Å². The molecule has 2 aliphatic rings. The molecule has 3 nitrogen and oxygen atoms in total. The molecule has 1 fully saturated rings. The lowest BCUT2D eigenvalue weighted by atomic mass is 9.90. The van der Waals surface area contributed by atoms with E-state index < -0.39 is 0 Å². The van der Waals surface area contributed by atoms with Crippen LogP contribution in [0.3, 0.4) is 0 Å². The van der Waals surface area contributed by atoms with Crippen LogP contribution in [0.25, 0.3) is 11.1 Å². The van der Waals surface area contributed by atoms with Crippen LogP contribution in [0.5, 0.6) is 0 Å². The minimum atomic E-state index is 0.184. The molecule has 1 N–H and O–H groups in total. The van der Waals surface area contributed by atoms with Crippen LogP contribution in [0.15, 0.2) is 59.6 Å². The van der Waals surface area contributed by atoms with Crippen LogP contribution in [-0.4, -0.2) is 25.5 Å². The SMILES string of the molecule is c1ccc(-c2ccc(C3CC(C4=NCCN4)CCO3)cc2)cc1. The van der Waals surface area contributed by atoms with Gasteiger partial charge in [0.1, 0.15) is 0 Å². The fourth-order valence-corrected chi connectivity index (χ4v) is 3.49. The van der Waals surface area contributed by atoms with Gasteiger partial charge in [0.15, 0.2) is 0 Å². The van der Waals surface area contributed by atoms with E-state index in [0.29, 0.717) is 5.92 Å². The first-order valence-corrected chi connectivity index (χ1v) is 8.45. The molecule has 0 radical (unpaired) electrons. The van der Waals surface area contributed by atoms with Crippen molar-refractivity contribution in [3.8, 4) is 11.1 Å². The Bertz CT molecular complexity index is 679. The number of ether oxygens (including phenoxy) is 1. The molecule has 2 aromatic rings. The largest absolute Gasteiger partial charge is 0.373 e. The highest BCUT2D eigenvalue weighted by atomic mass is 16.5. The van der Waals surface area contributed by atoms with Crippen LogP contribution in [-0.2, 0) is 4.74 Å². The van der Waals surface area contributed by atoms with Crippen molar-refractivity contribution in [2.45, 2.75) is 18.9 Å². The third-order valence-corrected chi connectivity index (χ3v) is 4.76. The summed E-state index contributed by atoms with van der Waals surface area (Å²) in [4.78, 5) is 4.59. The van der Waals surface area contributed by atoms with Gasteiger partial charge < -0.3 is 10.1 Å². The van der Waals surface area contributed by atoms with Crippen LogP contribution in [0.4, 0.5) is 0 Å². The van der Waals surface area contributed by atoms with Gasteiger partial charge in [0.25, 0.3) is 0 Å². The second-order valence-electron chi connectivity index (χ2n) is 6.26. The minimum Gasteiger partial charge on any atom is -0.373 e. The Balaban J connectivity index is 1.49. The summed E-state index contributed by atoms with van der Waals surface area (Å²) in [5.74, 6) is 1.71. The number of hydrogen-bond acceptors (Lipinski definition) is 3. The lowest BCUT2D eigenvalue weighted by Crippen LogP contribution is -2.32. The number of benzene rings is 2. The summed E-state index contributed by atoms with van der Waals surface area (Å²) in [6.07, 6.45) is 2.28. The zero-order valence-corrected chi connectivity index (χ0v) is 13.2. The van der Waals surface area contributed by atoms with Crippen molar-refractivity contribution in [3.05, 3.63) is 60.2 Å². The van der Waals surface area contributed by atoms with Gasteiger partial charge in [0.2, 0.25) is 0 Å². The molecule has 2 unspecified atom stereocenters. The lowest BCUT2D eigenvalue weighted by molar-refractivity contribution is 0.00244. The number of nitrogens with one attached hydrogen (secondary N) is 1. The predicted molar refractivity (Wildman–Crippen MR) is 93.6 cm³/mol. The maximum Gasteiger partial charge on any atom is 0.0997 e. The summed E-state index contributed by atoms with van der Waals surface area (Å²) in [7, 11) is 0. The van der Waals surface area contributed by atoms with E-state index in [2.05, 4.69) is 58.8 Å². The number of rotatable bonds is 3. The summed E-state index contributed by atoms with van der Waals surface area (Å²) >= 11 is 0. The van der Waals surface area contributed by atoms with Gasteiger partial charge in [-0.3, -0.25) is 4.99 Å². The molecule has 2 atom stereocenters. The number of aliphatic imine (C=N–C) groups is 1. The maximum absolute atomic E-state index is 6.02. The van der Waals surface area contributed by atoms with Crippen LogP contribution >= 0.6 is 0 Å². The molecule has 0 bridgehead atoms. The molecule has 23 heavy (non-hydrogen) atoms. The first-order chi connectivity index (χ1) is 11.4. The van der Waals surface area contributed by atoms with Crippen LogP contribution < -0.4 is 5.32 Å². The van der Waals surface area contributed by atoms with Crippen molar-refractivity contribution >= 4 is 5.84 Å². The Labute approximate surface area is 137 Å². The Morgan fingerprint density at radius 1 is 0.957 bits per heavy atom. The van der Waals surface area contributed by atoms with Crippen molar-refractivity contribution in [1.82, 2.24) is 5.32 Å². The number of amidine groups is 1. The van der Waals surface area contributed by atoms with Crippen LogP contribution in [0.1, 0.15) is 24.5 Å². The van der Waals surface area contributed by atoms with E-state index in [1.165, 1.54) is 22.5 Å². The highest BCUT2D eigenvalue weighted by Crippen LogP contribution is 2.33. The molecular formula is C20H22N2O. The molecule has 2 heterocycles. The number of nitrogens with zero attached hydrogens (tertiary/aromatic N) is 1. The Morgan fingerprint density at radius 3 is 2.48 bits per heavy atom. The van der Waals surface area contributed by atoms with E-state index in [-0.39, 0.29) is 6.10 Å². The molecule has 0 amide bonds. The zero-order chi connectivity index (χ0) is 15.5. The van der Waals surface area contributed by atoms with Crippen molar-refractivity contribution in [2.75, 3.05) is 19.7 Å². The van der Waals surface area contributed by atoms with Gasteiger partial charge in [-0.15, -0.1) is 0 Å². The van der Waals surface area contributed by atoms with Gasteiger partial charge in [0, 0.05) is 19.1 Å². The van der Waals surface area contributed by atoms with E-state index in [1.807, 2.05) is 6.07 Å². The highest BCUT2D eigenvalue weighted by molar-refractivity contribution is 5.86. The van der Waals surface area contributed by atoms with Gasteiger partial charge >= 0.3 is 0 Å². The van der Waals surface area contributed by atoms with Crippen molar-refractivity contribution < 1.29 is 4.74 Å². The highest BCUT2D eigenvalue weighted by Gasteiger charge is 2.28. The Morgan fingerprint density at radius 2 is 1.74 bits per heavy atom. The predicted octanol–water partition coefficient (Wildman–Crippen LogP) is 3.82. The standard InChI is InChI=1S/C20H22N2O/c1-2-4-15(5-3-1)16-6-8-17(9-7-16)19-14-18(10-13-23-19)20-21-11-12-22-20/h1-9,18-19H,10-14H2,(H,21,22). The monoisotopic (exact) mass is 306 g/mol. The van der Waals surface area contributed by atoms with Crippen molar-refractivity contribution in [1.29, 1.82) is 0 Å². The molecule has 0 spiro atoms. The van der Waals surface area contributed by atoms with Gasteiger partial charge in [-0.2, -0.15) is 0 Å².